The summed E-state index contributed by atoms with van der Waals surface area (Å²) in [5, 5.41) is 25.1. The molecule has 0 unspecified atom stereocenters. The van der Waals surface area contributed by atoms with Crippen molar-refractivity contribution in [2.24, 2.45) is 0 Å². The second kappa shape index (κ2) is 16.2. The van der Waals surface area contributed by atoms with E-state index in [9.17, 15) is 24.6 Å². The van der Waals surface area contributed by atoms with E-state index in [1.165, 1.54) is 24.8 Å². The van der Waals surface area contributed by atoms with Crippen molar-refractivity contribution in [1.29, 1.82) is 0 Å². The number of carbonyl (C=O) groups is 3. The summed E-state index contributed by atoms with van der Waals surface area (Å²) in [5.74, 6) is -0.726. The number of hydrogen-bond acceptors (Lipinski definition) is 8. The predicted molar refractivity (Wildman–Crippen MR) is 163 cm³/mol. The molecule has 228 valence electrons. The van der Waals surface area contributed by atoms with E-state index in [1.54, 1.807) is 12.3 Å². The summed E-state index contributed by atoms with van der Waals surface area (Å²) in [6.45, 7) is 2.04. The third-order valence-electron chi connectivity index (χ3n) is 6.92. The van der Waals surface area contributed by atoms with Crippen molar-refractivity contribution in [2.75, 3.05) is 17.6 Å². The van der Waals surface area contributed by atoms with Gasteiger partial charge in [-0.05, 0) is 48.2 Å². The van der Waals surface area contributed by atoms with Gasteiger partial charge < -0.3 is 30.3 Å². The minimum atomic E-state index is -1.04. The highest BCUT2D eigenvalue weighted by Gasteiger charge is 2.32. The number of carboxylic acid groups (broad SMARTS) is 1. The number of carbonyl (C=O) groups excluding carboxylic acids is 2. The largest absolute Gasteiger partial charge is 0.478 e. The second-order valence-corrected chi connectivity index (χ2v) is 11.3. The van der Waals surface area contributed by atoms with Gasteiger partial charge in [-0.25, -0.2) is 9.78 Å². The monoisotopic (exact) mass is 607 g/mol. The Balaban J connectivity index is 1.43. The molecule has 2 amide bonds. The van der Waals surface area contributed by atoms with Crippen LogP contribution in [0.15, 0.2) is 71.9 Å². The van der Waals surface area contributed by atoms with E-state index >= 15 is 0 Å². The number of nitrogens with one attached hydrogen (secondary N) is 2. The van der Waals surface area contributed by atoms with Crippen LogP contribution in [0.4, 0.5) is 5.69 Å². The van der Waals surface area contributed by atoms with Crippen molar-refractivity contribution in [1.82, 2.24) is 10.3 Å². The third kappa shape index (κ3) is 9.89. The Kier molecular flexibility index (Phi) is 12.1. The quantitative estimate of drug-likeness (QED) is 0.143. The van der Waals surface area contributed by atoms with Crippen LogP contribution in [-0.4, -0.2) is 51.4 Å². The smallest absolute Gasteiger partial charge is 0.338 e. The van der Waals surface area contributed by atoms with Crippen LogP contribution in [0.5, 0.6) is 0 Å². The molecule has 1 aliphatic heterocycles. The van der Waals surface area contributed by atoms with Gasteiger partial charge in [0.2, 0.25) is 11.8 Å². The molecule has 0 bridgehead atoms. The number of amides is 2. The lowest BCUT2D eigenvalue weighted by Gasteiger charge is -2.36. The molecule has 0 saturated carbocycles. The fourth-order valence-electron chi connectivity index (χ4n) is 4.70. The molecule has 3 aromatic rings. The minimum absolute atomic E-state index is 0.0532. The van der Waals surface area contributed by atoms with Gasteiger partial charge in [-0.2, -0.15) is 0 Å². The number of nitrogens with zero attached hydrogens (tertiary/aromatic N) is 1. The lowest BCUT2D eigenvalue weighted by Crippen LogP contribution is -2.31. The Labute approximate surface area is 255 Å². The van der Waals surface area contributed by atoms with E-state index in [2.05, 4.69) is 15.6 Å². The molecule has 3 atom stereocenters. The molecule has 11 heteroatoms. The Bertz CT molecular complexity index is 1390. The highest BCUT2D eigenvalue weighted by molar-refractivity contribution is 7.99. The Morgan fingerprint density at radius 1 is 1.00 bits per heavy atom. The van der Waals surface area contributed by atoms with E-state index in [-0.39, 0.29) is 36.2 Å². The third-order valence-corrected chi connectivity index (χ3v) is 8.06. The highest BCUT2D eigenvalue weighted by Crippen LogP contribution is 2.40. The maximum absolute atomic E-state index is 12.6. The molecule has 0 aliphatic carbocycles. The number of ether oxygens (including phenoxy) is 2. The van der Waals surface area contributed by atoms with Crippen molar-refractivity contribution >= 4 is 35.2 Å². The van der Waals surface area contributed by atoms with Crippen molar-refractivity contribution in [3.63, 3.8) is 0 Å². The van der Waals surface area contributed by atoms with Crippen LogP contribution >= 0.6 is 11.8 Å². The second-order valence-electron chi connectivity index (χ2n) is 10.3. The van der Waals surface area contributed by atoms with Gasteiger partial charge >= 0.3 is 5.97 Å². The fraction of sp³-hybridized carbons (Fsp3) is 0.375. The number of rotatable bonds is 14. The summed E-state index contributed by atoms with van der Waals surface area (Å²) in [4.78, 5) is 39.4. The molecule has 2 heterocycles. The summed E-state index contributed by atoms with van der Waals surface area (Å²) in [7, 11) is 0. The molecule has 43 heavy (non-hydrogen) atoms. The SMILES string of the molecule is CC(=O)NCCCCCC(=O)Nc1cccc([C@H]2O[C@@H](CSc3ncccc3C(=O)O)C[C@@H](c3ccc(CO)cc3)O2)c1. The van der Waals surface area contributed by atoms with Crippen LogP contribution in [0.1, 0.15) is 78.5 Å². The predicted octanol–water partition coefficient (Wildman–Crippen LogP) is 5.24. The lowest BCUT2D eigenvalue weighted by atomic mass is 10.0. The van der Waals surface area contributed by atoms with Crippen LogP contribution in [0.25, 0.3) is 0 Å². The van der Waals surface area contributed by atoms with Gasteiger partial charge in [0.1, 0.15) is 5.03 Å². The number of carboxylic acids is 1. The van der Waals surface area contributed by atoms with E-state index in [0.717, 1.165) is 36.0 Å². The number of aromatic nitrogens is 1. The molecule has 1 aliphatic rings. The fourth-order valence-corrected chi connectivity index (χ4v) is 5.71. The van der Waals surface area contributed by atoms with Crippen LogP contribution < -0.4 is 10.6 Å². The van der Waals surface area contributed by atoms with Crippen LogP contribution in [0.2, 0.25) is 0 Å². The molecule has 1 fully saturated rings. The molecule has 1 aromatic heterocycles. The zero-order valence-electron chi connectivity index (χ0n) is 24.0. The summed E-state index contributed by atoms with van der Waals surface area (Å²) < 4.78 is 12.8. The standard InChI is InChI=1S/C32H37N3O7S/c1-21(37)33-15-4-2-3-10-29(38)35-25-8-5-7-24(17-25)32-41-26(20-43-30-27(31(39)40)9-6-16-34-30)18-28(42-32)23-13-11-22(19-36)12-14-23/h5-9,11-14,16-17,26,28,32,36H,2-4,10,15,18-20H2,1H3,(H,33,37)(H,35,38)(H,39,40)/t26-,28+,32+/m1/s1. The maximum Gasteiger partial charge on any atom is 0.338 e. The normalized spacial score (nSPS) is 18.1. The molecular formula is C32H37N3O7S. The van der Waals surface area contributed by atoms with E-state index in [4.69, 9.17) is 9.47 Å². The maximum atomic E-state index is 12.6. The van der Waals surface area contributed by atoms with Crippen molar-refractivity contribution in [2.45, 2.75) is 69.2 Å². The van der Waals surface area contributed by atoms with Crippen LogP contribution in [0, 0.1) is 0 Å². The number of aromatic carboxylic acids is 1. The number of thioether (sulfide) groups is 1. The van der Waals surface area contributed by atoms with Crippen molar-refractivity contribution in [3.8, 4) is 0 Å². The Morgan fingerprint density at radius 2 is 1.81 bits per heavy atom. The number of aliphatic hydroxyl groups is 1. The first-order valence-electron chi connectivity index (χ1n) is 14.3. The van der Waals surface area contributed by atoms with Crippen molar-refractivity contribution in [3.05, 3.63) is 89.1 Å². The number of anilines is 1. The molecule has 4 N–H and O–H groups in total. The number of benzene rings is 2. The van der Waals surface area contributed by atoms with Gasteiger partial charge in [0, 0.05) is 49.5 Å². The summed E-state index contributed by atoms with van der Waals surface area (Å²) in [5.41, 5.74) is 3.25. The average Bonchev–Trinajstić information content (AvgIpc) is 3.01. The summed E-state index contributed by atoms with van der Waals surface area (Å²) >= 11 is 1.32. The summed E-state index contributed by atoms with van der Waals surface area (Å²) in [6, 6.07) is 18.1. The number of hydrogen-bond donors (Lipinski definition) is 4. The Morgan fingerprint density at radius 3 is 2.56 bits per heavy atom. The summed E-state index contributed by atoms with van der Waals surface area (Å²) in [6.07, 6.45) is 3.53. The molecule has 0 radical (unpaired) electrons. The first kappa shape index (κ1) is 32.2. The van der Waals surface area contributed by atoms with Gasteiger partial charge in [0.15, 0.2) is 6.29 Å². The highest BCUT2D eigenvalue weighted by atomic mass is 32.2. The van der Waals surface area contributed by atoms with E-state index in [0.29, 0.717) is 35.9 Å². The van der Waals surface area contributed by atoms with E-state index < -0.39 is 12.3 Å². The first-order chi connectivity index (χ1) is 20.8. The zero-order valence-corrected chi connectivity index (χ0v) is 24.8. The molecule has 1 saturated heterocycles. The van der Waals surface area contributed by atoms with Crippen LogP contribution in [0.3, 0.4) is 0 Å². The lowest BCUT2D eigenvalue weighted by molar-refractivity contribution is -0.245. The molecule has 10 nitrogen and oxygen atoms in total. The molecule has 0 spiro atoms. The van der Waals surface area contributed by atoms with Gasteiger partial charge in [-0.15, -0.1) is 11.8 Å². The van der Waals surface area contributed by atoms with Gasteiger partial charge in [0.25, 0.3) is 0 Å². The topological polar surface area (TPSA) is 147 Å². The van der Waals surface area contributed by atoms with Gasteiger partial charge in [-0.1, -0.05) is 42.8 Å². The Hall–Kier alpha value is -3.77. The first-order valence-corrected chi connectivity index (χ1v) is 15.3. The molecule has 2 aromatic carbocycles. The average molecular weight is 608 g/mol. The minimum Gasteiger partial charge on any atom is -0.478 e. The molecule has 4 rings (SSSR count). The molecular weight excluding hydrogens is 570 g/mol. The number of aliphatic hydroxyl groups excluding tert-OH is 1. The van der Waals surface area contributed by atoms with Crippen molar-refractivity contribution < 1.29 is 34.1 Å². The number of pyridine rings is 1. The van der Waals surface area contributed by atoms with Gasteiger partial charge in [0.05, 0.1) is 24.4 Å². The van der Waals surface area contributed by atoms with Crippen LogP contribution in [-0.2, 0) is 25.7 Å². The zero-order chi connectivity index (χ0) is 30.6. The van der Waals surface area contributed by atoms with Gasteiger partial charge in [-0.3, -0.25) is 9.59 Å². The van der Waals surface area contributed by atoms with E-state index in [1.807, 2.05) is 48.5 Å². The number of unbranched alkanes of at least 4 members (excludes halogenated alkanes) is 2.